The van der Waals surface area contributed by atoms with Gasteiger partial charge in [-0.3, -0.25) is 4.48 Å². The molecule has 2 aliphatic heterocycles. The number of halogens is 1. The number of benzene rings is 1. The maximum Gasteiger partial charge on any atom is 0.144 e. The Kier molecular flexibility index (Phi) is 2.89. The molecule has 3 unspecified atom stereocenters. The number of hydrogen-bond donors (Lipinski definition) is 0. The van der Waals surface area contributed by atoms with Crippen molar-refractivity contribution in [3.63, 3.8) is 0 Å². The third kappa shape index (κ3) is 1.61. The quantitative estimate of drug-likeness (QED) is 0.571. The number of methoxy groups -OCH3 is 1. The number of quaternary nitrogens is 1. The van der Waals surface area contributed by atoms with Crippen molar-refractivity contribution in [1.29, 1.82) is 0 Å². The van der Waals surface area contributed by atoms with E-state index in [4.69, 9.17) is 4.74 Å². The highest BCUT2D eigenvalue weighted by atomic mass is 35.5. The number of nitrogens with zero attached hydrogens (tertiary/aromatic N) is 1. The summed E-state index contributed by atoms with van der Waals surface area (Å²) in [5, 5.41) is 0. The lowest BCUT2D eigenvalue weighted by Gasteiger charge is -2.17. The maximum atomic E-state index is 5.29. The smallest absolute Gasteiger partial charge is 0.144 e. The Balaban J connectivity index is 0.000000963. The Hall–Kier alpha value is -0.730. The molecule has 0 spiro atoms. The monoisotopic (exact) mass is 240 g/mol. The van der Waals surface area contributed by atoms with Gasteiger partial charge < -0.3 is 4.74 Å². The zero-order chi connectivity index (χ0) is 10.5. The fraction of sp³-hybridized carbons (Fsp3) is 0.538. The van der Waals surface area contributed by atoms with Crippen molar-refractivity contribution in [2.24, 2.45) is 5.92 Å². The van der Waals surface area contributed by atoms with Crippen LogP contribution in [0, 0.1) is 5.92 Å². The summed E-state index contributed by atoms with van der Waals surface area (Å²) in [6, 6.07) is 9.49. The van der Waals surface area contributed by atoms with Gasteiger partial charge in [0.25, 0.3) is 0 Å². The fourth-order valence-corrected chi connectivity index (χ4v) is 3.23. The molecule has 0 aromatic heterocycles. The van der Waals surface area contributed by atoms with E-state index in [-0.39, 0.29) is 12.4 Å². The van der Waals surface area contributed by atoms with Gasteiger partial charge in [-0.1, -0.05) is 13.0 Å². The molecule has 3 rings (SSSR count). The van der Waals surface area contributed by atoms with Crippen molar-refractivity contribution >= 4 is 18.1 Å². The molecule has 0 radical (unpaired) electrons. The molecule has 1 aromatic rings. The topological polar surface area (TPSA) is 9.23 Å². The summed E-state index contributed by atoms with van der Waals surface area (Å²) in [7, 11) is 1.74. The van der Waals surface area contributed by atoms with E-state index in [1.54, 1.807) is 7.11 Å². The van der Waals surface area contributed by atoms with E-state index in [2.05, 4.69) is 25.1 Å². The highest BCUT2D eigenvalue weighted by Gasteiger charge is 2.62. The second-order valence-corrected chi connectivity index (χ2v) is 5.10. The molecule has 88 valence electrons. The normalized spacial score (nSPS) is 35.1. The first kappa shape index (κ1) is 11.7. The van der Waals surface area contributed by atoms with Crippen LogP contribution in [0.5, 0.6) is 5.75 Å². The van der Waals surface area contributed by atoms with Gasteiger partial charge in [-0.25, -0.2) is 0 Å². The molecule has 0 aliphatic carbocycles. The third-order valence-corrected chi connectivity index (χ3v) is 3.98. The van der Waals surface area contributed by atoms with Gasteiger partial charge >= 0.3 is 0 Å². The molecule has 2 saturated heterocycles. The lowest BCUT2D eigenvalue weighted by Crippen LogP contribution is -2.27. The number of rotatable bonds is 2. The van der Waals surface area contributed by atoms with E-state index in [0.717, 1.165) is 17.7 Å². The number of fused-ring (bicyclic) bond motifs is 1. The summed E-state index contributed by atoms with van der Waals surface area (Å²) in [5.74, 6) is 1.88. The average molecular weight is 241 g/mol. The Morgan fingerprint density at radius 3 is 2.75 bits per heavy atom. The van der Waals surface area contributed by atoms with Gasteiger partial charge in [-0.05, 0) is 12.1 Å². The van der Waals surface area contributed by atoms with Crippen LogP contribution in [-0.4, -0.2) is 26.2 Å². The van der Waals surface area contributed by atoms with Crippen LogP contribution < -0.4 is 9.22 Å². The summed E-state index contributed by atoms with van der Waals surface area (Å²) in [6.45, 7) is 5.03. The first-order valence-corrected chi connectivity index (χ1v) is 5.76. The molecule has 3 atom stereocenters. The molecular weight excluding hydrogens is 222 g/mol. The van der Waals surface area contributed by atoms with Gasteiger partial charge in [-0.15, -0.1) is 12.4 Å². The summed E-state index contributed by atoms with van der Waals surface area (Å²) in [6.07, 6.45) is 1.40. The van der Waals surface area contributed by atoms with Gasteiger partial charge in [-0.2, -0.15) is 0 Å². The maximum absolute atomic E-state index is 5.29. The molecule has 0 bridgehead atoms. The molecule has 2 fully saturated rings. The van der Waals surface area contributed by atoms with Crippen LogP contribution in [0.3, 0.4) is 0 Å². The van der Waals surface area contributed by atoms with E-state index >= 15 is 0 Å². The average Bonchev–Trinajstić information content (AvgIpc) is 2.83. The number of ether oxygens (including phenoxy) is 1. The molecule has 0 saturated carbocycles. The summed E-state index contributed by atoms with van der Waals surface area (Å²) in [5.41, 5.74) is 1.45. The summed E-state index contributed by atoms with van der Waals surface area (Å²) < 4.78 is 6.52. The molecule has 2 aliphatic rings. The lowest BCUT2D eigenvalue weighted by molar-refractivity contribution is 0.412. The van der Waals surface area contributed by atoms with Gasteiger partial charge in [0.05, 0.1) is 13.7 Å². The van der Waals surface area contributed by atoms with Crippen LogP contribution in [0.2, 0.25) is 0 Å². The number of piperidine rings is 1. The van der Waals surface area contributed by atoms with Gasteiger partial charge in [0.15, 0.2) is 0 Å². The standard InChI is InChI=1S/C13H18NO.ClH/c1-10-6-12-9-14(12,8-10)11-4-3-5-13(7-11)15-2;/h3-5,7,10,12H,6,8-9H2,1-2H3;1H/q+1;. The van der Waals surface area contributed by atoms with Crippen LogP contribution in [0.1, 0.15) is 13.3 Å². The Morgan fingerprint density at radius 1 is 1.31 bits per heavy atom. The minimum Gasteiger partial charge on any atom is -0.497 e. The van der Waals surface area contributed by atoms with E-state index in [9.17, 15) is 0 Å². The van der Waals surface area contributed by atoms with Crippen LogP contribution >= 0.6 is 12.4 Å². The van der Waals surface area contributed by atoms with Crippen molar-refractivity contribution in [2.45, 2.75) is 19.4 Å². The second kappa shape index (κ2) is 3.94. The highest BCUT2D eigenvalue weighted by molar-refractivity contribution is 5.85. The van der Waals surface area contributed by atoms with Crippen LogP contribution in [-0.2, 0) is 0 Å². The van der Waals surface area contributed by atoms with Crippen molar-refractivity contribution in [3.05, 3.63) is 24.3 Å². The minimum atomic E-state index is 0. The fourth-order valence-electron chi connectivity index (χ4n) is 3.23. The highest BCUT2D eigenvalue weighted by Crippen LogP contribution is 2.48. The van der Waals surface area contributed by atoms with Crippen LogP contribution in [0.15, 0.2) is 24.3 Å². The zero-order valence-corrected chi connectivity index (χ0v) is 10.7. The van der Waals surface area contributed by atoms with Gasteiger partial charge in [0, 0.05) is 18.4 Å². The van der Waals surface area contributed by atoms with Crippen molar-refractivity contribution in [2.75, 3.05) is 20.2 Å². The SMILES string of the molecule is COc1cccc([N+]23CC(C)CC2C3)c1.Cl. The Labute approximate surface area is 103 Å². The predicted molar refractivity (Wildman–Crippen MR) is 69.3 cm³/mol. The van der Waals surface area contributed by atoms with Crippen LogP contribution in [0.25, 0.3) is 0 Å². The van der Waals surface area contributed by atoms with Crippen molar-refractivity contribution in [3.8, 4) is 5.75 Å². The van der Waals surface area contributed by atoms with Gasteiger partial charge in [0.2, 0.25) is 0 Å². The largest absolute Gasteiger partial charge is 0.497 e. The molecule has 2 heterocycles. The van der Waals surface area contributed by atoms with E-state index < -0.39 is 0 Å². The Morgan fingerprint density at radius 2 is 2.12 bits per heavy atom. The minimum absolute atomic E-state index is 0. The summed E-state index contributed by atoms with van der Waals surface area (Å²) >= 11 is 0. The van der Waals surface area contributed by atoms with Gasteiger partial charge in [0.1, 0.15) is 24.0 Å². The number of hydrogen-bond acceptors (Lipinski definition) is 1. The van der Waals surface area contributed by atoms with Crippen LogP contribution in [0.4, 0.5) is 5.69 Å². The Bertz CT molecular complexity index is 395. The molecule has 16 heavy (non-hydrogen) atoms. The molecule has 1 aromatic carbocycles. The zero-order valence-electron chi connectivity index (χ0n) is 9.85. The molecule has 0 amide bonds. The predicted octanol–water partition coefficient (Wildman–Crippen LogP) is 2.85. The second-order valence-electron chi connectivity index (χ2n) is 5.10. The summed E-state index contributed by atoms with van der Waals surface area (Å²) in [4.78, 5) is 0. The first-order chi connectivity index (χ1) is 7.24. The first-order valence-electron chi connectivity index (χ1n) is 5.76. The van der Waals surface area contributed by atoms with E-state index in [0.29, 0.717) is 0 Å². The molecule has 3 heteroatoms. The van der Waals surface area contributed by atoms with E-state index in [1.807, 2.05) is 6.07 Å². The van der Waals surface area contributed by atoms with Crippen molar-refractivity contribution < 1.29 is 4.74 Å². The van der Waals surface area contributed by atoms with Crippen molar-refractivity contribution in [1.82, 2.24) is 4.48 Å². The van der Waals surface area contributed by atoms with E-state index in [1.165, 1.54) is 29.7 Å². The third-order valence-electron chi connectivity index (χ3n) is 3.98. The molecular formula is C13H19ClNO+. The lowest BCUT2D eigenvalue weighted by atomic mass is 10.1. The molecule has 0 N–H and O–H groups in total. The molecule has 2 nitrogen and oxygen atoms in total.